The molecule has 2 aromatic carbocycles. The summed E-state index contributed by atoms with van der Waals surface area (Å²) in [6.07, 6.45) is 1.52. The summed E-state index contributed by atoms with van der Waals surface area (Å²) >= 11 is 0. The number of carbonyl (C=O) groups is 1. The van der Waals surface area contributed by atoms with Crippen LogP contribution in [-0.2, 0) is 6.54 Å². The lowest BCUT2D eigenvalue weighted by Gasteiger charge is -2.35. The highest BCUT2D eigenvalue weighted by molar-refractivity contribution is 5.91. The average Bonchev–Trinajstić information content (AvgIpc) is 3.38. The molecule has 0 atom stereocenters. The number of nitrogens with one attached hydrogen (secondary N) is 2. The van der Waals surface area contributed by atoms with Gasteiger partial charge in [-0.1, -0.05) is 11.6 Å². The largest absolute Gasteiger partial charge is 0.459 e. The summed E-state index contributed by atoms with van der Waals surface area (Å²) in [5, 5.41) is 4.38. The number of aryl methyl sites for hydroxylation is 1. The number of anilines is 2. The monoisotopic (exact) mass is 442 g/mol. The molecule has 5 rings (SSSR count). The van der Waals surface area contributed by atoms with Gasteiger partial charge >= 0.3 is 0 Å². The van der Waals surface area contributed by atoms with E-state index in [0.29, 0.717) is 31.0 Å². The number of benzene rings is 2. The summed E-state index contributed by atoms with van der Waals surface area (Å²) in [7, 11) is 0. The van der Waals surface area contributed by atoms with E-state index < -0.39 is 0 Å². The standard InChI is InChI=1S/C26H26N4O3/c1-18-4-9-23-19(15-18)16-20(25(31)28-23)17-27-21-5-7-22(8-6-21)29-10-12-30(13-11-29)26(32)24-3-2-14-33-24/h2-9,14-16,27H,10-13,17H2,1H3,(H,28,31). The van der Waals surface area contributed by atoms with E-state index >= 15 is 0 Å². The van der Waals surface area contributed by atoms with E-state index in [0.717, 1.165) is 40.9 Å². The number of aromatic amines is 1. The molecular formula is C26H26N4O3. The zero-order valence-corrected chi connectivity index (χ0v) is 18.5. The molecule has 7 heteroatoms. The molecule has 0 spiro atoms. The van der Waals surface area contributed by atoms with Crippen molar-refractivity contribution in [3.8, 4) is 0 Å². The number of H-pyrrole nitrogens is 1. The molecule has 33 heavy (non-hydrogen) atoms. The van der Waals surface area contributed by atoms with Gasteiger partial charge in [0.2, 0.25) is 0 Å². The van der Waals surface area contributed by atoms with Gasteiger partial charge in [0.15, 0.2) is 5.76 Å². The number of rotatable bonds is 5. The van der Waals surface area contributed by atoms with E-state index in [-0.39, 0.29) is 11.5 Å². The van der Waals surface area contributed by atoms with Gasteiger partial charge in [0.1, 0.15) is 0 Å². The second-order valence-corrected chi connectivity index (χ2v) is 8.37. The first-order valence-electron chi connectivity index (χ1n) is 11.1. The number of furan rings is 1. The van der Waals surface area contributed by atoms with Gasteiger partial charge in [0.25, 0.3) is 11.5 Å². The Morgan fingerprint density at radius 1 is 1.03 bits per heavy atom. The van der Waals surface area contributed by atoms with Gasteiger partial charge in [-0.2, -0.15) is 0 Å². The van der Waals surface area contributed by atoms with E-state index in [2.05, 4.69) is 33.4 Å². The fraction of sp³-hybridized carbons (Fsp3) is 0.231. The summed E-state index contributed by atoms with van der Waals surface area (Å²) in [6.45, 7) is 5.34. The highest BCUT2D eigenvalue weighted by Crippen LogP contribution is 2.21. The number of nitrogens with zero attached hydrogens (tertiary/aromatic N) is 2. The molecular weight excluding hydrogens is 416 g/mol. The number of fused-ring (bicyclic) bond motifs is 1. The van der Waals surface area contributed by atoms with Crippen LogP contribution in [-0.4, -0.2) is 42.0 Å². The summed E-state index contributed by atoms with van der Waals surface area (Å²) < 4.78 is 5.23. The fourth-order valence-corrected chi connectivity index (χ4v) is 4.21. The Kier molecular flexibility index (Phi) is 5.60. The third kappa shape index (κ3) is 4.48. The summed E-state index contributed by atoms with van der Waals surface area (Å²) in [6, 6.07) is 19.6. The van der Waals surface area contributed by atoms with Crippen LogP contribution in [0.15, 0.2) is 76.1 Å². The van der Waals surface area contributed by atoms with Gasteiger partial charge in [0.05, 0.1) is 6.26 Å². The van der Waals surface area contributed by atoms with Crippen LogP contribution in [0, 0.1) is 6.92 Å². The van der Waals surface area contributed by atoms with Crippen LogP contribution in [0.25, 0.3) is 10.9 Å². The molecule has 1 amide bonds. The molecule has 3 heterocycles. The van der Waals surface area contributed by atoms with Crippen molar-refractivity contribution in [2.45, 2.75) is 13.5 Å². The lowest BCUT2D eigenvalue weighted by atomic mass is 10.1. The van der Waals surface area contributed by atoms with Crippen molar-refractivity contribution in [3.05, 3.63) is 94.2 Å². The second-order valence-electron chi connectivity index (χ2n) is 8.37. The maximum absolute atomic E-state index is 12.4. The lowest BCUT2D eigenvalue weighted by molar-refractivity contribution is 0.0714. The molecule has 7 nitrogen and oxygen atoms in total. The third-order valence-corrected chi connectivity index (χ3v) is 6.09. The average molecular weight is 443 g/mol. The van der Waals surface area contributed by atoms with Crippen molar-refractivity contribution in [2.24, 2.45) is 0 Å². The Labute approximate surface area is 191 Å². The van der Waals surface area contributed by atoms with E-state index in [1.807, 2.05) is 42.2 Å². The van der Waals surface area contributed by atoms with Crippen LogP contribution in [0.4, 0.5) is 11.4 Å². The molecule has 0 unspecified atom stereocenters. The summed E-state index contributed by atoms with van der Waals surface area (Å²) in [4.78, 5) is 31.9. The number of carbonyl (C=O) groups excluding carboxylic acids is 1. The zero-order valence-electron chi connectivity index (χ0n) is 18.5. The molecule has 2 N–H and O–H groups in total. The Hall–Kier alpha value is -4.00. The van der Waals surface area contributed by atoms with Gasteiger partial charge in [-0.3, -0.25) is 9.59 Å². The van der Waals surface area contributed by atoms with Crippen molar-refractivity contribution in [2.75, 3.05) is 36.4 Å². The van der Waals surface area contributed by atoms with Crippen LogP contribution in [0.5, 0.6) is 0 Å². The molecule has 1 aliphatic heterocycles. The molecule has 1 saturated heterocycles. The van der Waals surface area contributed by atoms with Crippen LogP contribution in [0.2, 0.25) is 0 Å². The molecule has 2 aromatic heterocycles. The SMILES string of the molecule is Cc1ccc2[nH]c(=O)c(CNc3ccc(N4CCN(C(=O)c5ccco5)CC4)cc3)cc2c1. The minimum atomic E-state index is -0.0718. The van der Waals surface area contributed by atoms with Gasteiger partial charge in [-0.15, -0.1) is 0 Å². The minimum Gasteiger partial charge on any atom is -0.459 e. The number of hydrogen-bond donors (Lipinski definition) is 2. The van der Waals surface area contributed by atoms with Crippen LogP contribution < -0.4 is 15.8 Å². The summed E-state index contributed by atoms with van der Waals surface area (Å²) in [5.41, 5.74) is 4.71. The van der Waals surface area contributed by atoms with E-state index in [4.69, 9.17) is 4.42 Å². The van der Waals surface area contributed by atoms with E-state index in [1.165, 1.54) is 6.26 Å². The zero-order chi connectivity index (χ0) is 22.8. The Bertz CT molecular complexity index is 1320. The quantitative estimate of drug-likeness (QED) is 0.488. The maximum atomic E-state index is 12.4. The normalized spacial score (nSPS) is 14.0. The van der Waals surface area contributed by atoms with Crippen LogP contribution >= 0.6 is 0 Å². The first-order valence-corrected chi connectivity index (χ1v) is 11.1. The molecule has 0 bridgehead atoms. The predicted molar refractivity (Wildman–Crippen MR) is 130 cm³/mol. The second kappa shape index (κ2) is 8.86. The Morgan fingerprint density at radius 3 is 2.55 bits per heavy atom. The van der Waals surface area contributed by atoms with Crippen molar-refractivity contribution >= 4 is 28.2 Å². The number of amides is 1. The fourth-order valence-electron chi connectivity index (χ4n) is 4.21. The van der Waals surface area contributed by atoms with Crippen molar-refractivity contribution in [3.63, 3.8) is 0 Å². The highest BCUT2D eigenvalue weighted by Gasteiger charge is 2.23. The molecule has 4 aromatic rings. The van der Waals surface area contributed by atoms with Gasteiger partial charge < -0.3 is 24.5 Å². The van der Waals surface area contributed by atoms with Crippen molar-refractivity contribution < 1.29 is 9.21 Å². The molecule has 168 valence electrons. The molecule has 0 radical (unpaired) electrons. The number of piperazine rings is 1. The van der Waals surface area contributed by atoms with E-state index in [1.54, 1.807) is 12.1 Å². The van der Waals surface area contributed by atoms with E-state index in [9.17, 15) is 9.59 Å². The van der Waals surface area contributed by atoms with Crippen molar-refractivity contribution in [1.82, 2.24) is 9.88 Å². The Morgan fingerprint density at radius 2 is 1.82 bits per heavy atom. The van der Waals surface area contributed by atoms with Gasteiger partial charge in [0, 0.05) is 55.2 Å². The Balaban J connectivity index is 1.19. The molecule has 0 aliphatic carbocycles. The number of hydrogen-bond acceptors (Lipinski definition) is 5. The first-order chi connectivity index (χ1) is 16.1. The highest BCUT2D eigenvalue weighted by atomic mass is 16.3. The first kappa shape index (κ1) is 20.9. The van der Waals surface area contributed by atoms with Gasteiger partial charge in [-0.25, -0.2) is 0 Å². The molecule has 0 saturated carbocycles. The number of pyridine rings is 1. The van der Waals surface area contributed by atoms with Crippen molar-refractivity contribution in [1.29, 1.82) is 0 Å². The van der Waals surface area contributed by atoms with Gasteiger partial charge in [-0.05, 0) is 66.9 Å². The molecule has 1 aliphatic rings. The smallest absolute Gasteiger partial charge is 0.289 e. The summed E-state index contributed by atoms with van der Waals surface area (Å²) in [5.74, 6) is 0.331. The number of aromatic nitrogens is 1. The lowest BCUT2D eigenvalue weighted by Crippen LogP contribution is -2.48. The van der Waals surface area contributed by atoms with Crippen LogP contribution in [0.1, 0.15) is 21.7 Å². The van der Waals surface area contributed by atoms with Crippen LogP contribution in [0.3, 0.4) is 0 Å². The topological polar surface area (TPSA) is 81.6 Å². The minimum absolute atomic E-state index is 0.0574. The predicted octanol–water partition coefficient (Wildman–Crippen LogP) is 4.00. The third-order valence-electron chi connectivity index (χ3n) is 6.09. The maximum Gasteiger partial charge on any atom is 0.289 e. The molecule has 1 fully saturated rings.